The van der Waals surface area contributed by atoms with Gasteiger partial charge in [-0.2, -0.15) is 0 Å². The third-order valence-electron chi connectivity index (χ3n) is 5.12. The number of nitrogens with zero attached hydrogens (tertiary/aromatic N) is 2. The van der Waals surface area contributed by atoms with Crippen LogP contribution in [0.2, 0.25) is 0 Å². The van der Waals surface area contributed by atoms with Gasteiger partial charge < -0.3 is 29.8 Å². The molecule has 1 fully saturated rings. The first kappa shape index (κ1) is 20.7. The van der Waals surface area contributed by atoms with Crippen molar-refractivity contribution in [2.24, 2.45) is 4.99 Å². The highest BCUT2D eigenvalue weighted by atomic mass is 16.5. The highest BCUT2D eigenvalue weighted by Gasteiger charge is 2.35. The number of nitrogens with one attached hydrogen (secondary N) is 2. The number of aliphatic hydroxyl groups is 1. The molecule has 1 aromatic rings. The normalized spacial score (nSPS) is 20.0. The van der Waals surface area contributed by atoms with Gasteiger partial charge in [0.2, 0.25) is 0 Å². The van der Waals surface area contributed by atoms with Crippen LogP contribution in [0.1, 0.15) is 38.2 Å². The number of ether oxygens (including phenoxy) is 1. The SMILES string of the molecule is CCNC(=NCC(C)(O)c1ccc(C)o1)NCC1(N(C)C)CCOCC1. The summed E-state index contributed by atoms with van der Waals surface area (Å²) in [6.45, 7) is 8.92. The number of hydrogen-bond acceptors (Lipinski definition) is 5. The maximum atomic E-state index is 10.7. The standard InChI is InChI=1S/C19H34N4O3/c1-6-20-17(21-13-18(3,24)16-8-7-15(2)26-16)22-14-19(23(4)5)9-11-25-12-10-19/h7-8,24H,6,9-14H2,1-5H3,(H2,20,21,22). The second-order valence-electron chi connectivity index (χ2n) is 7.46. The molecule has 0 aliphatic carbocycles. The molecule has 2 heterocycles. The molecule has 148 valence electrons. The maximum absolute atomic E-state index is 10.7. The largest absolute Gasteiger partial charge is 0.463 e. The molecule has 0 spiro atoms. The van der Waals surface area contributed by atoms with Gasteiger partial charge in [0.1, 0.15) is 17.1 Å². The van der Waals surface area contributed by atoms with E-state index in [0.29, 0.717) is 11.7 Å². The Balaban J connectivity index is 2.04. The van der Waals surface area contributed by atoms with Crippen molar-refractivity contribution >= 4 is 5.96 Å². The number of guanidine groups is 1. The molecule has 0 bridgehead atoms. The van der Waals surface area contributed by atoms with Crippen LogP contribution in [-0.4, -0.2) is 68.4 Å². The Kier molecular flexibility index (Phi) is 7.08. The Bertz CT molecular complexity index is 589. The lowest BCUT2D eigenvalue weighted by Gasteiger charge is -2.43. The smallest absolute Gasteiger partial charge is 0.191 e. The van der Waals surface area contributed by atoms with Crippen molar-refractivity contribution in [3.8, 4) is 0 Å². The average Bonchev–Trinajstić information content (AvgIpc) is 3.05. The summed E-state index contributed by atoms with van der Waals surface area (Å²) in [6.07, 6.45) is 1.96. The van der Waals surface area contributed by atoms with Crippen LogP contribution in [0.25, 0.3) is 0 Å². The number of aliphatic imine (C=N–C) groups is 1. The fraction of sp³-hybridized carbons (Fsp3) is 0.737. The molecule has 0 radical (unpaired) electrons. The van der Waals surface area contributed by atoms with E-state index in [-0.39, 0.29) is 12.1 Å². The van der Waals surface area contributed by atoms with Crippen molar-refractivity contribution in [1.29, 1.82) is 0 Å². The number of furan rings is 1. The van der Waals surface area contributed by atoms with Gasteiger partial charge in [-0.1, -0.05) is 0 Å². The van der Waals surface area contributed by atoms with Gasteiger partial charge in [0.15, 0.2) is 5.96 Å². The van der Waals surface area contributed by atoms with E-state index in [2.05, 4.69) is 34.6 Å². The summed E-state index contributed by atoms with van der Waals surface area (Å²) in [5.74, 6) is 2.01. The molecule has 1 saturated heterocycles. The third-order valence-corrected chi connectivity index (χ3v) is 5.12. The van der Waals surface area contributed by atoms with Crippen molar-refractivity contribution in [3.05, 3.63) is 23.7 Å². The molecule has 1 unspecified atom stereocenters. The van der Waals surface area contributed by atoms with Crippen LogP contribution in [0.15, 0.2) is 21.5 Å². The Morgan fingerprint density at radius 3 is 2.54 bits per heavy atom. The lowest BCUT2D eigenvalue weighted by molar-refractivity contribution is -0.00504. The predicted octanol–water partition coefficient (Wildman–Crippen LogP) is 1.46. The molecule has 1 atom stereocenters. The molecular formula is C19H34N4O3. The second kappa shape index (κ2) is 8.88. The summed E-state index contributed by atoms with van der Waals surface area (Å²) < 4.78 is 11.1. The number of likely N-dealkylation sites (N-methyl/N-ethyl adjacent to an activating group) is 1. The maximum Gasteiger partial charge on any atom is 0.191 e. The molecule has 0 saturated carbocycles. The Morgan fingerprint density at radius 1 is 1.31 bits per heavy atom. The molecule has 1 aromatic heterocycles. The van der Waals surface area contributed by atoms with E-state index in [4.69, 9.17) is 9.15 Å². The van der Waals surface area contributed by atoms with E-state index in [1.54, 1.807) is 13.0 Å². The van der Waals surface area contributed by atoms with Crippen molar-refractivity contribution < 1.29 is 14.3 Å². The lowest BCUT2D eigenvalue weighted by atomic mass is 9.88. The van der Waals surface area contributed by atoms with Gasteiger partial charge in [-0.05, 0) is 59.8 Å². The van der Waals surface area contributed by atoms with Crippen LogP contribution in [-0.2, 0) is 10.3 Å². The Hall–Kier alpha value is -1.57. The number of rotatable bonds is 7. The minimum Gasteiger partial charge on any atom is -0.463 e. The van der Waals surface area contributed by atoms with Gasteiger partial charge in [0.25, 0.3) is 0 Å². The van der Waals surface area contributed by atoms with Gasteiger partial charge in [0.05, 0.1) is 6.54 Å². The summed E-state index contributed by atoms with van der Waals surface area (Å²) in [5, 5.41) is 17.4. The number of hydrogen-bond donors (Lipinski definition) is 3. The fourth-order valence-corrected chi connectivity index (χ4v) is 3.16. The molecule has 26 heavy (non-hydrogen) atoms. The quantitative estimate of drug-likeness (QED) is 0.501. The van der Waals surface area contributed by atoms with Gasteiger partial charge in [-0.25, -0.2) is 4.99 Å². The topological polar surface area (TPSA) is 82.3 Å². The van der Waals surface area contributed by atoms with Crippen molar-refractivity contribution in [2.75, 3.05) is 46.9 Å². The molecule has 0 aromatic carbocycles. The van der Waals surface area contributed by atoms with Gasteiger partial charge in [-0.15, -0.1) is 0 Å². The molecule has 0 amide bonds. The highest BCUT2D eigenvalue weighted by Crippen LogP contribution is 2.25. The van der Waals surface area contributed by atoms with Crippen LogP contribution in [0.5, 0.6) is 0 Å². The molecule has 7 heteroatoms. The third kappa shape index (κ3) is 5.22. The van der Waals surface area contributed by atoms with Gasteiger partial charge in [-0.3, -0.25) is 0 Å². The summed E-state index contributed by atoms with van der Waals surface area (Å²) >= 11 is 0. The zero-order valence-electron chi connectivity index (χ0n) is 16.8. The zero-order valence-corrected chi connectivity index (χ0v) is 16.8. The van der Waals surface area contributed by atoms with E-state index >= 15 is 0 Å². The zero-order chi connectivity index (χ0) is 19.2. The minimum atomic E-state index is -1.14. The average molecular weight is 367 g/mol. The van der Waals surface area contributed by atoms with E-state index in [9.17, 15) is 5.11 Å². The van der Waals surface area contributed by atoms with Crippen LogP contribution in [0.3, 0.4) is 0 Å². The Labute approximate surface area is 156 Å². The summed E-state index contributed by atoms with van der Waals surface area (Å²) in [4.78, 5) is 6.85. The van der Waals surface area contributed by atoms with Crippen molar-refractivity contribution in [1.82, 2.24) is 15.5 Å². The minimum absolute atomic E-state index is 0.0507. The van der Waals surface area contributed by atoms with Gasteiger partial charge >= 0.3 is 0 Å². The van der Waals surface area contributed by atoms with Gasteiger partial charge in [0, 0.05) is 31.8 Å². The summed E-state index contributed by atoms with van der Waals surface area (Å²) in [6, 6.07) is 3.65. The first-order valence-corrected chi connectivity index (χ1v) is 9.36. The fourth-order valence-electron chi connectivity index (χ4n) is 3.16. The first-order valence-electron chi connectivity index (χ1n) is 9.36. The van der Waals surface area contributed by atoms with Crippen LogP contribution in [0.4, 0.5) is 0 Å². The molecule has 3 N–H and O–H groups in total. The van der Waals surface area contributed by atoms with Crippen molar-refractivity contribution in [2.45, 2.75) is 44.8 Å². The van der Waals surface area contributed by atoms with Crippen LogP contribution in [0, 0.1) is 6.92 Å². The van der Waals surface area contributed by atoms with E-state index in [1.165, 1.54) is 0 Å². The molecular weight excluding hydrogens is 332 g/mol. The monoisotopic (exact) mass is 366 g/mol. The van der Waals surface area contributed by atoms with E-state index in [0.717, 1.165) is 44.9 Å². The molecule has 7 nitrogen and oxygen atoms in total. The summed E-state index contributed by atoms with van der Waals surface area (Å²) in [5.41, 5.74) is -1.09. The Morgan fingerprint density at radius 2 is 2.00 bits per heavy atom. The summed E-state index contributed by atoms with van der Waals surface area (Å²) in [7, 11) is 4.22. The lowest BCUT2D eigenvalue weighted by Crippen LogP contribution is -2.57. The van der Waals surface area contributed by atoms with Crippen molar-refractivity contribution in [3.63, 3.8) is 0 Å². The predicted molar refractivity (Wildman–Crippen MR) is 103 cm³/mol. The highest BCUT2D eigenvalue weighted by molar-refractivity contribution is 5.79. The molecule has 1 aliphatic rings. The van der Waals surface area contributed by atoms with E-state index < -0.39 is 5.60 Å². The molecule has 2 rings (SSSR count). The second-order valence-corrected chi connectivity index (χ2v) is 7.46. The van der Waals surface area contributed by atoms with E-state index in [1.807, 2.05) is 19.9 Å². The van der Waals surface area contributed by atoms with Crippen LogP contribution < -0.4 is 10.6 Å². The van der Waals surface area contributed by atoms with Crippen LogP contribution >= 0.6 is 0 Å². The first-order chi connectivity index (χ1) is 12.3. The number of aryl methyl sites for hydroxylation is 1. The molecule has 1 aliphatic heterocycles.